The summed E-state index contributed by atoms with van der Waals surface area (Å²) in [4.78, 5) is 27.9. The fourth-order valence-electron chi connectivity index (χ4n) is 3.99. The van der Waals surface area contributed by atoms with E-state index in [1.807, 2.05) is 31.2 Å². The summed E-state index contributed by atoms with van der Waals surface area (Å²) in [6.07, 6.45) is 0. The molecule has 9 nitrogen and oxygen atoms in total. The highest BCUT2D eigenvalue weighted by Crippen LogP contribution is 2.36. The average Bonchev–Trinajstić information content (AvgIpc) is 2.94. The van der Waals surface area contributed by atoms with Gasteiger partial charge in [0, 0.05) is 19.7 Å². The average molecular weight is 540 g/mol. The number of rotatable bonds is 11. The number of benzene rings is 3. The van der Waals surface area contributed by atoms with Crippen molar-refractivity contribution in [3.8, 4) is 11.5 Å². The molecule has 0 heterocycles. The van der Waals surface area contributed by atoms with Crippen molar-refractivity contribution >= 4 is 27.5 Å². The minimum Gasteiger partial charge on any atom is -0.497 e. The van der Waals surface area contributed by atoms with E-state index in [1.54, 1.807) is 37.3 Å². The van der Waals surface area contributed by atoms with E-state index in [0.717, 1.165) is 15.4 Å². The monoisotopic (exact) mass is 539 g/mol. The Morgan fingerprint density at radius 3 is 2.21 bits per heavy atom. The van der Waals surface area contributed by atoms with Crippen LogP contribution < -0.4 is 19.1 Å². The summed E-state index contributed by atoms with van der Waals surface area (Å²) in [5.74, 6) is -0.308. The second kappa shape index (κ2) is 12.5. The van der Waals surface area contributed by atoms with E-state index in [1.165, 1.54) is 44.4 Å². The first kappa shape index (κ1) is 28.5. The van der Waals surface area contributed by atoms with Gasteiger partial charge in [0.05, 0.1) is 24.8 Å². The Morgan fingerprint density at radius 2 is 1.61 bits per heavy atom. The first-order valence-electron chi connectivity index (χ1n) is 12.0. The molecule has 1 N–H and O–H groups in total. The lowest BCUT2D eigenvalue weighted by molar-refractivity contribution is -0.139. The van der Waals surface area contributed by atoms with Gasteiger partial charge in [-0.15, -0.1) is 0 Å². The molecule has 3 aromatic rings. The number of carbonyl (C=O) groups excluding carboxylic acids is 2. The van der Waals surface area contributed by atoms with Crippen LogP contribution in [0.3, 0.4) is 0 Å². The molecule has 0 aliphatic rings. The lowest BCUT2D eigenvalue weighted by Crippen LogP contribution is -2.50. The van der Waals surface area contributed by atoms with Gasteiger partial charge in [0.1, 0.15) is 24.1 Å². The maximum absolute atomic E-state index is 13.9. The molecular formula is C28H33N3O6S. The molecular weight excluding hydrogens is 506 g/mol. The zero-order valence-corrected chi connectivity index (χ0v) is 23.0. The van der Waals surface area contributed by atoms with Gasteiger partial charge in [-0.05, 0) is 49.2 Å². The molecule has 0 radical (unpaired) electrons. The maximum atomic E-state index is 13.9. The van der Waals surface area contributed by atoms with E-state index < -0.39 is 28.5 Å². The topological polar surface area (TPSA) is 105 Å². The fourth-order valence-corrected chi connectivity index (χ4v) is 5.42. The molecule has 1 unspecified atom stereocenters. The van der Waals surface area contributed by atoms with Crippen LogP contribution in [-0.4, -0.2) is 59.0 Å². The van der Waals surface area contributed by atoms with Gasteiger partial charge in [-0.2, -0.15) is 0 Å². The molecule has 202 valence electrons. The van der Waals surface area contributed by atoms with Crippen molar-refractivity contribution in [2.45, 2.75) is 31.3 Å². The number of methoxy groups -OCH3 is 2. The van der Waals surface area contributed by atoms with Gasteiger partial charge in [-0.25, -0.2) is 8.42 Å². The molecule has 0 aromatic heterocycles. The third kappa shape index (κ3) is 6.25. The van der Waals surface area contributed by atoms with Crippen LogP contribution in [0.15, 0.2) is 77.7 Å². The summed E-state index contributed by atoms with van der Waals surface area (Å²) in [5, 5.41) is 2.57. The number of aryl methyl sites for hydroxylation is 1. The highest BCUT2D eigenvalue weighted by molar-refractivity contribution is 7.92. The molecule has 0 spiro atoms. The number of ether oxygens (including phenoxy) is 2. The molecule has 38 heavy (non-hydrogen) atoms. The molecule has 0 bridgehead atoms. The SMILES string of the molecule is CNC(=O)C(C)N(Cc1ccccc1C)C(=O)CN(c1cc(OC)ccc1OC)S(=O)(=O)c1ccccc1. The second-order valence-electron chi connectivity index (χ2n) is 8.60. The van der Waals surface area contributed by atoms with Crippen LogP contribution in [0.4, 0.5) is 5.69 Å². The number of likely N-dealkylation sites (N-methyl/N-ethyl adjacent to an activating group) is 1. The van der Waals surface area contributed by atoms with E-state index in [9.17, 15) is 18.0 Å². The third-order valence-corrected chi connectivity index (χ3v) is 8.05. The lowest BCUT2D eigenvalue weighted by Gasteiger charge is -2.32. The van der Waals surface area contributed by atoms with Crippen molar-refractivity contribution < 1.29 is 27.5 Å². The Labute approximate surface area is 224 Å². The summed E-state index contributed by atoms with van der Waals surface area (Å²) in [6.45, 7) is 3.07. The zero-order valence-electron chi connectivity index (χ0n) is 22.2. The molecule has 3 rings (SSSR count). The van der Waals surface area contributed by atoms with Crippen molar-refractivity contribution in [2.24, 2.45) is 0 Å². The predicted molar refractivity (Wildman–Crippen MR) is 146 cm³/mol. The van der Waals surface area contributed by atoms with E-state index in [-0.39, 0.29) is 28.8 Å². The molecule has 2 amide bonds. The zero-order chi connectivity index (χ0) is 27.9. The van der Waals surface area contributed by atoms with Crippen LogP contribution in [-0.2, 0) is 26.2 Å². The van der Waals surface area contributed by atoms with Gasteiger partial charge in [0.25, 0.3) is 10.0 Å². The summed E-state index contributed by atoms with van der Waals surface area (Å²) in [6, 6.07) is 19.2. The van der Waals surface area contributed by atoms with Gasteiger partial charge < -0.3 is 19.7 Å². The van der Waals surface area contributed by atoms with E-state index in [0.29, 0.717) is 5.75 Å². The van der Waals surface area contributed by atoms with Crippen LogP contribution >= 0.6 is 0 Å². The Bertz CT molecular complexity index is 1380. The highest BCUT2D eigenvalue weighted by Gasteiger charge is 2.34. The van der Waals surface area contributed by atoms with Crippen molar-refractivity contribution in [2.75, 3.05) is 32.1 Å². The first-order valence-corrected chi connectivity index (χ1v) is 13.4. The number of sulfonamides is 1. The fraction of sp³-hybridized carbons (Fsp3) is 0.286. The first-order chi connectivity index (χ1) is 18.1. The standard InChI is InChI=1S/C28H33N3O6S/c1-20-11-9-10-12-22(20)18-30(21(2)28(33)29-3)27(32)19-31(38(34,35)24-13-7-6-8-14-24)25-17-23(36-4)15-16-26(25)37-5/h6-17,21H,18-19H2,1-5H3,(H,29,33). The normalized spacial score (nSPS) is 11.8. The van der Waals surface area contributed by atoms with E-state index in [2.05, 4.69) is 5.32 Å². The number of carbonyl (C=O) groups is 2. The van der Waals surface area contributed by atoms with E-state index >= 15 is 0 Å². The van der Waals surface area contributed by atoms with Gasteiger partial charge in [0.15, 0.2) is 0 Å². The van der Waals surface area contributed by atoms with Crippen LogP contribution in [0, 0.1) is 6.92 Å². The number of amides is 2. The highest BCUT2D eigenvalue weighted by atomic mass is 32.2. The summed E-state index contributed by atoms with van der Waals surface area (Å²) in [5.41, 5.74) is 1.91. The van der Waals surface area contributed by atoms with Crippen LogP contribution in [0.5, 0.6) is 11.5 Å². The molecule has 0 saturated carbocycles. The summed E-state index contributed by atoms with van der Waals surface area (Å²) < 4.78 is 39.6. The minimum absolute atomic E-state index is 0.00229. The Balaban J connectivity index is 2.13. The molecule has 0 aliphatic heterocycles. The number of nitrogens with one attached hydrogen (secondary N) is 1. The molecule has 0 fully saturated rings. The molecule has 3 aromatic carbocycles. The molecule has 10 heteroatoms. The Morgan fingerprint density at radius 1 is 0.947 bits per heavy atom. The Hall–Kier alpha value is -4.05. The smallest absolute Gasteiger partial charge is 0.264 e. The maximum Gasteiger partial charge on any atom is 0.264 e. The van der Waals surface area contributed by atoms with E-state index in [4.69, 9.17) is 9.47 Å². The summed E-state index contributed by atoms with van der Waals surface area (Å²) in [7, 11) is 0.141. The largest absolute Gasteiger partial charge is 0.497 e. The predicted octanol–water partition coefficient (Wildman–Crippen LogP) is 3.37. The Kier molecular flexibility index (Phi) is 9.35. The number of hydrogen-bond acceptors (Lipinski definition) is 6. The van der Waals surface area contributed by atoms with Crippen molar-refractivity contribution in [1.82, 2.24) is 10.2 Å². The van der Waals surface area contributed by atoms with Crippen LogP contribution in [0.25, 0.3) is 0 Å². The van der Waals surface area contributed by atoms with Gasteiger partial charge in [-0.3, -0.25) is 13.9 Å². The van der Waals surface area contributed by atoms with Gasteiger partial charge in [-0.1, -0.05) is 42.5 Å². The lowest BCUT2D eigenvalue weighted by atomic mass is 10.1. The summed E-state index contributed by atoms with van der Waals surface area (Å²) >= 11 is 0. The molecule has 0 aliphatic carbocycles. The van der Waals surface area contributed by atoms with Gasteiger partial charge in [0.2, 0.25) is 11.8 Å². The molecule has 0 saturated heterocycles. The quantitative estimate of drug-likeness (QED) is 0.401. The number of anilines is 1. The third-order valence-electron chi connectivity index (χ3n) is 6.28. The minimum atomic E-state index is -4.22. The van der Waals surface area contributed by atoms with Crippen molar-refractivity contribution in [3.05, 3.63) is 83.9 Å². The van der Waals surface area contributed by atoms with Crippen LogP contribution in [0.1, 0.15) is 18.1 Å². The number of nitrogens with zero attached hydrogens (tertiary/aromatic N) is 2. The van der Waals surface area contributed by atoms with Crippen molar-refractivity contribution in [3.63, 3.8) is 0 Å². The van der Waals surface area contributed by atoms with Crippen LogP contribution in [0.2, 0.25) is 0 Å². The number of hydrogen-bond donors (Lipinski definition) is 1. The van der Waals surface area contributed by atoms with Crippen molar-refractivity contribution in [1.29, 1.82) is 0 Å². The second-order valence-corrected chi connectivity index (χ2v) is 10.5. The molecule has 1 atom stereocenters. The van der Waals surface area contributed by atoms with Gasteiger partial charge >= 0.3 is 0 Å².